The van der Waals surface area contributed by atoms with E-state index in [0.717, 1.165) is 19.3 Å². The van der Waals surface area contributed by atoms with E-state index >= 15 is 0 Å². The number of allylic oxidation sites excluding steroid dienone is 3. The van der Waals surface area contributed by atoms with E-state index in [2.05, 4.69) is 33.8 Å². The van der Waals surface area contributed by atoms with Crippen molar-refractivity contribution in [1.29, 1.82) is 0 Å². The van der Waals surface area contributed by atoms with Gasteiger partial charge in [-0.1, -0.05) is 51.5 Å². The third-order valence-corrected chi connectivity index (χ3v) is 22.7. The molecule has 32 heteroatoms. The van der Waals surface area contributed by atoms with Gasteiger partial charge in [-0.2, -0.15) is 8.42 Å². The number of aliphatic hydroxyl groups is 15. The van der Waals surface area contributed by atoms with Gasteiger partial charge in [-0.05, 0) is 126 Å². The molecule has 6 aliphatic heterocycles. The highest BCUT2D eigenvalue weighted by molar-refractivity contribution is 7.80. The first-order chi connectivity index (χ1) is 44.0. The Bertz CT molecular complexity index is 2690. The lowest BCUT2D eigenvalue weighted by Crippen LogP contribution is -2.67. The van der Waals surface area contributed by atoms with Gasteiger partial charge < -0.3 is 133 Å². The number of hydrogen-bond acceptors (Lipinski definition) is 30. The molecule has 3 saturated carbocycles. The summed E-state index contributed by atoms with van der Waals surface area (Å²) in [6, 6.07) is 0. The first-order valence-electron chi connectivity index (χ1n) is 33.0. The lowest BCUT2D eigenvalue weighted by Gasteiger charge is -2.60. The van der Waals surface area contributed by atoms with Crippen molar-refractivity contribution >= 4 is 10.4 Å². The highest BCUT2D eigenvalue weighted by Crippen LogP contribution is 2.67. The van der Waals surface area contributed by atoms with E-state index in [4.69, 9.17) is 61.0 Å². The van der Waals surface area contributed by atoms with Gasteiger partial charge in [0.25, 0.3) is 0 Å². The summed E-state index contributed by atoms with van der Waals surface area (Å²) < 4.78 is 112. The fourth-order valence-corrected chi connectivity index (χ4v) is 17.3. The Balaban J connectivity index is 0.819. The maximum atomic E-state index is 12.2. The van der Waals surface area contributed by atoms with E-state index in [1.165, 1.54) is 33.3 Å². The summed E-state index contributed by atoms with van der Waals surface area (Å²) in [6.07, 6.45) is -40.4. The molecule has 9 fully saturated rings. The van der Waals surface area contributed by atoms with Crippen molar-refractivity contribution in [1.82, 2.24) is 0 Å². The van der Waals surface area contributed by atoms with Gasteiger partial charge in [-0.25, -0.2) is 4.18 Å². The topological polar surface area (TPSA) is 478 Å². The average molecular weight is 1380 g/mol. The number of rotatable bonds is 19. The minimum Gasteiger partial charge on any atom is -0.394 e. The first-order valence-corrected chi connectivity index (χ1v) is 34.4. The van der Waals surface area contributed by atoms with Gasteiger partial charge in [-0.15, -0.1) is 0 Å². The Morgan fingerprint density at radius 1 is 0.574 bits per heavy atom. The Hall–Kier alpha value is -1.73. The summed E-state index contributed by atoms with van der Waals surface area (Å²) in [6.45, 7) is 14.6. The summed E-state index contributed by atoms with van der Waals surface area (Å²) in [4.78, 5) is 0. The number of ether oxygens (including phenoxy) is 12. The molecule has 16 N–H and O–H groups in total. The molecule has 10 rings (SSSR count). The number of aliphatic hydroxyl groups excluding tert-OH is 14. The molecular formula is C62H102O31S. The summed E-state index contributed by atoms with van der Waals surface area (Å²) in [5, 5.41) is 169. The van der Waals surface area contributed by atoms with Crippen molar-refractivity contribution in [3.63, 3.8) is 0 Å². The molecule has 0 bridgehead atoms. The largest absolute Gasteiger partial charge is 0.397 e. The monoisotopic (exact) mass is 1370 g/mol. The molecule has 10 aliphatic rings. The normalized spacial score (nSPS) is 52.6. The van der Waals surface area contributed by atoms with Crippen LogP contribution in [0.4, 0.5) is 0 Å². The maximum absolute atomic E-state index is 12.2. The van der Waals surface area contributed by atoms with Crippen LogP contribution in [-0.2, 0) is 71.4 Å². The van der Waals surface area contributed by atoms with E-state index in [-0.39, 0.29) is 29.6 Å². The summed E-state index contributed by atoms with van der Waals surface area (Å²) in [7, 11) is -4.85. The molecule has 6 saturated heterocycles. The average Bonchev–Trinajstić information content (AvgIpc) is 1.34. The van der Waals surface area contributed by atoms with Crippen molar-refractivity contribution < 1.29 is 151 Å². The van der Waals surface area contributed by atoms with Crippen LogP contribution >= 0.6 is 0 Å². The van der Waals surface area contributed by atoms with Crippen LogP contribution in [0.2, 0.25) is 0 Å². The SMILES string of the molecule is CC(C)C/C=C/[C@@](C)(O)[C@@H]1CC[C@@H]2[C@@H]3C[C@H](O[C@H]4O[C@@H](C)[C@H](O)[C@@H](O[C@H]5OC[C@H](O[C@H]6O[C@@H](C)[C@H](O)[C@@H](O)[C@@H]6O[C@H]6O[C@@H](C)[C@H](O)[C@@H](O[C@H]7O[C@@H](CO)[C@H](O)[C@@H](O)[C@@H]7O[C@H]7O[C@@H](C)[C@H](O)[C@@H](O)[C@@H]7O)[C@@H]6O)[C@@H](O)[C@@H]5O)[C@@H]4O)[C@H]4C[C@@H](OS(=O)(=O)O)CC[C@]4(C)C3=CC[C@@]21C. The van der Waals surface area contributed by atoms with Crippen LogP contribution in [0.15, 0.2) is 23.8 Å². The molecule has 0 aromatic rings. The van der Waals surface area contributed by atoms with Crippen LogP contribution in [0.3, 0.4) is 0 Å². The van der Waals surface area contributed by atoms with Crippen molar-refractivity contribution in [3.8, 4) is 0 Å². The van der Waals surface area contributed by atoms with Crippen molar-refractivity contribution in [2.24, 2.45) is 40.4 Å². The van der Waals surface area contributed by atoms with Crippen LogP contribution in [0, 0.1) is 40.4 Å². The van der Waals surface area contributed by atoms with Gasteiger partial charge in [0, 0.05) is 0 Å². The molecule has 0 aromatic heterocycles. The zero-order valence-corrected chi connectivity index (χ0v) is 55.1. The van der Waals surface area contributed by atoms with Gasteiger partial charge in [-0.3, -0.25) is 4.55 Å². The molecule has 94 heavy (non-hydrogen) atoms. The second-order valence-corrected chi connectivity index (χ2v) is 30.1. The Labute approximate surface area is 546 Å². The molecule has 0 spiro atoms. The van der Waals surface area contributed by atoms with E-state index in [9.17, 15) is 89.6 Å². The second-order valence-electron chi connectivity index (χ2n) is 29.0. The molecule has 0 aromatic carbocycles. The third-order valence-electron chi connectivity index (χ3n) is 22.2. The summed E-state index contributed by atoms with van der Waals surface area (Å²) in [5.74, 6) is -0.0755. The van der Waals surface area contributed by atoms with Crippen LogP contribution in [0.5, 0.6) is 0 Å². The fraction of sp³-hybridized carbons (Fsp3) is 0.935. The zero-order valence-electron chi connectivity index (χ0n) is 54.3. The molecule has 31 nitrogen and oxygen atoms in total. The molecular weight excluding hydrogens is 1270 g/mol. The minimum atomic E-state index is -4.85. The Kier molecular flexibility index (Phi) is 23.4. The molecule has 0 unspecified atom stereocenters. The van der Waals surface area contributed by atoms with Crippen molar-refractivity contribution in [2.75, 3.05) is 13.2 Å². The van der Waals surface area contributed by atoms with Crippen LogP contribution in [-0.4, -0.2) is 299 Å². The minimum absolute atomic E-state index is 0.0651. The fourth-order valence-electron chi connectivity index (χ4n) is 16.8. The molecule has 0 amide bonds. The molecule has 4 aliphatic carbocycles. The predicted molar refractivity (Wildman–Crippen MR) is 316 cm³/mol. The zero-order chi connectivity index (χ0) is 68.7. The van der Waals surface area contributed by atoms with Crippen molar-refractivity contribution in [2.45, 2.75) is 310 Å². The highest BCUT2D eigenvalue weighted by atomic mass is 32.3. The van der Waals surface area contributed by atoms with Crippen LogP contribution < -0.4 is 0 Å². The molecule has 542 valence electrons. The van der Waals surface area contributed by atoms with E-state index in [1.807, 2.05) is 19.1 Å². The van der Waals surface area contributed by atoms with Gasteiger partial charge >= 0.3 is 10.4 Å². The van der Waals surface area contributed by atoms with Gasteiger partial charge in [0.1, 0.15) is 116 Å². The van der Waals surface area contributed by atoms with E-state index < -0.39 is 231 Å². The lowest BCUT2D eigenvalue weighted by atomic mass is 9.47. The summed E-state index contributed by atoms with van der Waals surface area (Å²) >= 11 is 0. The molecule has 6 heterocycles. The smallest absolute Gasteiger partial charge is 0.394 e. The van der Waals surface area contributed by atoms with Gasteiger partial charge in [0.2, 0.25) is 0 Å². The van der Waals surface area contributed by atoms with Gasteiger partial charge in [0.05, 0.1) is 55.4 Å². The number of hydrogen-bond donors (Lipinski definition) is 16. The van der Waals surface area contributed by atoms with Gasteiger partial charge in [0.15, 0.2) is 37.7 Å². The summed E-state index contributed by atoms with van der Waals surface area (Å²) in [5.41, 5.74) is -0.792. The lowest BCUT2D eigenvalue weighted by molar-refractivity contribution is -0.400. The molecule has 0 radical (unpaired) electrons. The predicted octanol–water partition coefficient (Wildman–Crippen LogP) is -3.23. The maximum Gasteiger partial charge on any atom is 0.397 e. The Morgan fingerprint density at radius 3 is 1.66 bits per heavy atom. The van der Waals surface area contributed by atoms with Crippen LogP contribution in [0.25, 0.3) is 0 Å². The third kappa shape index (κ3) is 14.8. The number of fused-ring (bicyclic) bond motifs is 5. The molecule has 38 atom stereocenters. The standard InChI is InChI=1S/C62H102O31S/c1-23(2)11-10-16-62(9,77)36-13-12-30-29-20-33(32-19-28(93-94(78,79)80)14-17-60(32,7)31(29)15-18-61(30,36)8)86-56-48(75)50(39(66)26(5)83-56)89-54-46(73)42(69)35(22-81-54)88-58-52(44(71)38(65)25(4)85-58)92-57-49(76)51(40(67)27(6)84-57)90-59-53(45(72)41(68)34(21-63)87-59)91-55-47(74)43(70)37(64)24(3)82-55/h10,15-16,23-30,32-59,63-77H,11-14,17-22H2,1-9H3,(H,78,79,80)/b16-10+/t24-,25-,26-,27-,28-,29-,30+,32+,33-,34-,35-,36+,37-,38-,39-,40-,41-,42+,43+,44+,45+,46-,47-,48-,49-,50+,51+,52-,53-,54+,55+,56+,57+,58+,59+,60+,61-,62+/m0/s1. The first kappa shape index (κ1) is 74.9. The van der Waals surface area contributed by atoms with Crippen LogP contribution in [0.1, 0.15) is 114 Å². The quantitative estimate of drug-likeness (QED) is 0.0447. The highest BCUT2D eigenvalue weighted by Gasteiger charge is 2.64. The van der Waals surface area contributed by atoms with E-state index in [1.54, 1.807) is 0 Å². The van der Waals surface area contributed by atoms with Crippen molar-refractivity contribution in [3.05, 3.63) is 23.8 Å². The second kappa shape index (κ2) is 29.3. The Morgan fingerprint density at radius 2 is 1.07 bits per heavy atom. The van der Waals surface area contributed by atoms with E-state index in [0.29, 0.717) is 31.6 Å².